The van der Waals surface area contributed by atoms with Gasteiger partial charge in [0.1, 0.15) is 0 Å². The summed E-state index contributed by atoms with van der Waals surface area (Å²) in [5.74, 6) is 0. The predicted octanol–water partition coefficient (Wildman–Crippen LogP) is 2.38. The lowest BCUT2D eigenvalue weighted by Gasteiger charge is -2.23. The van der Waals surface area contributed by atoms with Gasteiger partial charge in [0.05, 0.1) is 0 Å². The third-order valence-corrected chi connectivity index (χ3v) is 7.95. The second-order valence-corrected chi connectivity index (χ2v) is 8.13. The number of hydrogen-bond acceptors (Lipinski definition) is 1. The molecular formula is C12H24N3OP. The lowest BCUT2D eigenvalue weighted by atomic mass is 10.4. The Morgan fingerprint density at radius 2 is 1.12 bits per heavy atom. The van der Waals surface area contributed by atoms with Gasteiger partial charge in [-0.25, -0.2) is 14.0 Å². The van der Waals surface area contributed by atoms with Gasteiger partial charge in [0.15, 0.2) is 0 Å². The van der Waals surface area contributed by atoms with Crippen molar-refractivity contribution < 1.29 is 4.57 Å². The van der Waals surface area contributed by atoms with Crippen molar-refractivity contribution in [2.75, 3.05) is 19.6 Å². The Kier molecular flexibility index (Phi) is 2.90. The second-order valence-electron chi connectivity index (χ2n) is 5.57. The van der Waals surface area contributed by atoms with Crippen LogP contribution in [0.5, 0.6) is 0 Å². The van der Waals surface area contributed by atoms with Gasteiger partial charge in [-0.2, -0.15) is 0 Å². The monoisotopic (exact) mass is 257 g/mol. The first-order valence-electron chi connectivity index (χ1n) is 7.08. The number of nitrogens with zero attached hydrogens (tertiary/aromatic N) is 3. The van der Waals surface area contributed by atoms with Crippen LogP contribution in [0.4, 0.5) is 0 Å². The van der Waals surface area contributed by atoms with Crippen molar-refractivity contribution in [2.24, 2.45) is 0 Å². The molecule has 3 rings (SSSR count). The molecule has 98 valence electrons. The number of hydrogen-bond donors (Lipinski definition) is 0. The fourth-order valence-corrected chi connectivity index (χ4v) is 6.78. The van der Waals surface area contributed by atoms with Crippen LogP contribution in [0.2, 0.25) is 0 Å². The first-order chi connectivity index (χ1) is 8.16. The lowest BCUT2D eigenvalue weighted by Crippen LogP contribution is -2.17. The average Bonchev–Trinajstić information content (AvgIpc) is 3.25. The van der Waals surface area contributed by atoms with Gasteiger partial charge in [-0.15, -0.1) is 0 Å². The van der Waals surface area contributed by atoms with E-state index in [0.29, 0.717) is 18.1 Å². The van der Waals surface area contributed by atoms with E-state index in [0.717, 1.165) is 38.9 Å². The summed E-state index contributed by atoms with van der Waals surface area (Å²) in [6, 6.07) is 1.74. The summed E-state index contributed by atoms with van der Waals surface area (Å²) in [4.78, 5) is 0. The Morgan fingerprint density at radius 1 is 0.824 bits per heavy atom. The van der Waals surface area contributed by atoms with Crippen LogP contribution in [-0.2, 0) is 4.57 Å². The summed E-state index contributed by atoms with van der Waals surface area (Å²) < 4.78 is 20.2. The van der Waals surface area contributed by atoms with Crippen LogP contribution in [0, 0.1) is 0 Å². The molecule has 0 N–H and O–H groups in total. The van der Waals surface area contributed by atoms with E-state index in [-0.39, 0.29) is 0 Å². The van der Waals surface area contributed by atoms with Crippen LogP contribution in [0.3, 0.4) is 0 Å². The Labute approximate surface area is 104 Å². The highest BCUT2D eigenvalue weighted by Crippen LogP contribution is 2.71. The summed E-state index contributed by atoms with van der Waals surface area (Å²) in [6.07, 6.45) is 3.41. The molecule has 3 fully saturated rings. The maximum atomic E-state index is 13.4. The molecule has 3 aliphatic rings. The van der Waals surface area contributed by atoms with E-state index in [2.05, 4.69) is 34.8 Å². The van der Waals surface area contributed by atoms with Crippen molar-refractivity contribution >= 4 is 7.59 Å². The van der Waals surface area contributed by atoms with Crippen LogP contribution < -0.4 is 0 Å². The molecule has 6 atom stereocenters. The highest BCUT2D eigenvalue weighted by atomic mass is 31.2. The normalized spacial score (nSPS) is 50.8. The van der Waals surface area contributed by atoms with Crippen LogP contribution in [-0.4, -0.2) is 51.8 Å². The van der Waals surface area contributed by atoms with E-state index < -0.39 is 7.59 Å². The van der Waals surface area contributed by atoms with Crippen LogP contribution in [0.15, 0.2) is 0 Å². The molecule has 0 spiro atoms. The molecule has 4 nitrogen and oxygen atoms in total. The molecular weight excluding hydrogens is 233 g/mol. The Bertz CT molecular complexity index is 309. The third-order valence-electron chi connectivity index (χ3n) is 4.47. The summed E-state index contributed by atoms with van der Waals surface area (Å²) >= 11 is 0. The zero-order chi connectivity index (χ0) is 12.2. The van der Waals surface area contributed by atoms with Crippen molar-refractivity contribution in [3.63, 3.8) is 0 Å². The summed E-state index contributed by atoms with van der Waals surface area (Å²) in [5.41, 5.74) is 0. The van der Waals surface area contributed by atoms with Crippen molar-refractivity contribution in [2.45, 2.75) is 58.2 Å². The lowest BCUT2D eigenvalue weighted by molar-refractivity contribution is 0.452. The zero-order valence-corrected chi connectivity index (χ0v) is 12.1. The molecule has 0 aliphatic carbocycles. The minimum Gasteiger partial charge on any atom is -0.270 e. The van der Waals surface area contributed by atoms with Gasteiger partial charge in [-0.05, 0) is 19.3 Å². The molecule has 5 heteroatoms. The first-order valence-corrected chi connectivity index (χ1v) is 8.64. The number of rotatable bonds is 6. The standard InChI is InChI=1S/C12H24N3OP/c1-4-10-7-13(10)17(16,14-8-11(14)5-2)15-9-12(15)6-3/h10-12H,4-9H2,1-3H3. The first kappa shape index (κ1) is 12.2. The van der Waals surface area contributed by atoms with Crippen molar-refractivity contribution in [3.8, 4) is 0 Å². The third kappa shape index (κ3) is 1.81. The SMILES string of the molecule is CCC1CN1P(=O)(N1CC1CC)N1CC1CC. The van der Waals surface area contributed by atoms with Gasteiger partial charge in [-0.3, -0.25) is 4.57 Å². The Hall–Kier alpha value is 0.110. The van der Waals surface area contributed by atoms with E-state index in [1.54, 1.807) is 0 Å². The van der Waals surface area contributed by atoms with Gasteiger partial charge in [0.25, 0.3) is 7.59 Å². The van der Waals surface area contributed by atoms with Gasteiger partial charge in [0, 0.05) is 37.8 Å². The molecule has 3 aliphatic heterocycles. The maximum absolute atomic E-state index is 13.4. The fourth-order valence-electron chi connectivity index (χ4n) is 2.93. The van der Waals surface area contributed by atoms with Crippen LogP contribution >= 0.6 is 7.59 Å². The summed E-state index contributed by atoms with van der Waals surface area (Å²) in [6.45, 7) is 9.76. The molecule has 0 amide bonds. The smallest absolute Gasteiger partial charge is 0.270 e. The fraction of sp³-hybridized carbons (Fsp3) is 1.00. The zero-order valence-electron chi connectivity index (χ0n) is 11.2. The predicted molar refractivity (Wildman–Crippen MR) is 70.0 cm³/mol. The molecule has 6 unspecified atom stereocenters. The summed E-state index contributed by atoms with van der Waals surface area (Å²) in [7, 11) is -2.32. The minimum absolute atomic E-state index is 0.581. The Balaban J connectivity index is 1.76. The molecule has 3 saturated heterocycles. The van der Waals surface area contributed by atoms with Gasteiger partial charge >= 0.3 is 0 Å². The van der Waals surface area contributed by atoms with Crippen molar-refractivity contribution in [1.29, 1.82) is 0 Å². The quantitative estimate of drug-likeness (QED) is 0.539. The van der Waals surface area contributed by atoms with Crippen LogP contribution in [0.1, 0.15) is 40.0 Å². The van der Waals surface area contributed by atoms with E-state index in [4.69, 9.17) is 0 Å². The molecule has 17 heavy (non-hydrogen) atoms. The average molecular weight is 257 g/mol. The van der Waals surface area contributed by atoms with E-state index >= 15 is 0 Å². The van der Waals surface area contributed by atoms with E-state index in [1.807, 2.05) is 0 Å². The summed E-state index contributed by atoms with van der Waals surface area (Å²) in [5, 5.41) is 0. The molecule has 3 heterocycles. The van der Waals surface area contributed by atoms with Crippen molar-refractivity contribution in [3.05, 3.63) is 0 Å². The maximum Gasteiger partial charge on any atom is 0.287 e. The van der Waals surface area contributed by atoms with E-state index in [9.17, 15) is 4.57 Å². The molecule has 0 radical (unpaired) electrons. The van der Waals surface area contributed by atoms with Gasteiger partial charge in [-0.1, -0.05) is 20.8 Å². The van der Waals surface area contributed by atoms with Gasteiger partial charge in [0.2, 0.25) is 0 Å². The molecule has 0 aromatic rings. The van der Waals surface area contributed by atoms with Crippen molar-refractivity contribution in [1.82, 2.24) is 14.0 Å². The van der Waals surface area contributed by atoms with Gasteiger partial charge < -0.3 is 0 Å². The second kappa shape index (κ2) is 4.06. The molecule has 0 bridgehead atoms. The molecule has 0 aromatic carbocycles. The highest BCUT2D eigenvalue weighted by molar-refractivity contribution is 7.57. The Morgan fingerprint density at radius 3 is 1.29 bits per heavy atom. The van der Waals surface area contributed by atoms with E-state index in [1.165, 1.54) is 0 Å². The topological polar surface area (TPSA) is 26.1 Å². The highest BCUT2D eigenvalue weighted by Gasteiger charge is 2.64. The molecule has 0 saturated carbocycles. The minimum atomic E-state index is -2.32. The molecule has 0 aromatic heterocycles. The van der Waals surface area contributed by atoms with Crippen LogP contribution in [0.25, 0.3) is 0 Å². The largest absolute Gasteiger partial charge is 0.287 e.